The first kappa shape index (κ1) is 20.0. The van der Waals surface area contributed by atoms with Crippen LogP contribution in [0.4, 0.5) is 0 Å². The molecule has 1 aliphatic heterocycles. The SMILES string of the molecule is Brc1ccc2c3c(n(C(c4ccccc4)(c4ccccc4)c4ccccc4)c2n1)C=CNC3. The van der Waals surface area contributed by atoms with Gasteiger partial charge in [0.15, 0.2) is 0 Å². The molecular weight excluding hydrogens is 470 g/mol. The number of halogens is 1. The van der Waals surface area contributed by atoms with E-state index in [2.05, 4.69) is 129 Å². The molecule has 1 N–H and O–H groups in total. The Balaban J connectivity index is 1.87. The highest BCUT2D eigenvalue weighted by Gasteiger charge is 2.42. The molecule has 4 heteroatoms. The van der Waals surface area contributed by atoms with Gasteiger partial charge in [0.2, 0.25) is 0 Å². The fourth-order valence-electron chi connectivity index (χ4n) is 5.14. The van der Waals surface area contributed by atoms with E-state index in [-0.39, 0.29) is 0 Å². The molecule has 2 aromatic heterocycles. The molecule has 0 amide bonds. The van der Waals surface area contributed by atoms with Crippen molar-refractivity contribution in [1.82, 2.24) is 14.9 Å². The van der Waals surface area contributed by atoms with E-state index < -0.39 is 5.54 Å². The highest BCUT2D eigenvalue weighted by Crippen LogP contribution is 2.45. The van der Waals surface area contributed by atoms with E-state index in [0.717, 1.165) is 22.2 Å². The summed E-state index contributed by atoms with van der Waals surface area (Å²) in [5.74, 6) is 0. The molecule has 0 saturated heterocycles. The fraction of sp³-hybridized carbons (Fsp3) is 0.0690. The number of benzene rings is 3. The monoisotopic (exact) mass is 491 g/mol. The number of hydrogen-bond acceptors (Lipinski definition) is 2. The summed E-state index contributed by atoms with van der Waals surface area (Å²) in [6.07, 6.45) is 4.22. The Labute approximate surface area is 201 Å². The van der Waals surface area contributed by atoms with Crippen molar-refractivity contribution < 1.29 is 0 Å². The normalized spacial score (nSPS) is 13.0. The number of pyridine rings is 1. The first-order valence-corrected chi connectivity index (χ1v) is 11.9. The summed E-state index contributed by atoms with van der Waals surface area (Å²) in [5, 5.41) is 4.56. The van der Waals surface area contributed by atoms with Crippen molar-refractivity contribution in [2.45, 2.75) is 12.1 Å². The van der Waals surface area contributed by atoms with Gasteiger partial charge in [-0.15, -0.1) is 0 Å². The molecule has 33 heavy (non-hydrogen) atoms. The van der Waals surface area contributed by atoms with Crippen LogP contribution in [-0.4, -0.2) is 9.55 Å². The van der Waals surface area contributed by atoms with Crippen molar-refractivity contribution in [1.29, 1.82) is 0 Å². The van der Waals surface area contributed by atoms with Crippen molar-refractivity contribution in [2.24, 2.45) is 0 Å². The van der Waals surface area contributed by atoms with Crippen LogP contribution in [0.2, 0.25) is 0 Å². The van der Waals surface area contributed by atoms with Gasteiger partial charge < -0.3 is 9.88 Å². The molecule has 5 aromatic rings. The molecule has 3 aromatic carbocycles. The Kier molecular flexibility index (Phi) is 4.88. The van der Waals surface area contributed by atoms with Crippen LogP contribution in [0, 0.1) is 0 Å². The van der Waals surface area contributed by atoms with E-state index in [1.807, 2.05) is 12.3 Å². The number of nitrogens with zero attached hydrogens (tertiary/aromatic N) is 2. The predicted octanol–water partition coefficient (Wildman–Crippen LogP) is 6.71. The van der Waals surface area contributed by atoms with E-state index in [4.69, 9.17) is 4.98 Å². The van der Waals surface area contributed by atoms with E-state index >= 15 is 0 Å². The average molecular weight is 492 g/mol. The van der Waals surface area contributed by atoms with Gasteiger partial charge in [0.1, 0.15) is 15.8 Å². The minimum atomic E-state index is -0.606. The lowest BCUT2D eigenvalue weighted by Gasteiger charge is -2.39. The van der Waals surface area contributed by atoms with E-state index in [1.165, 1.54) is 27.9 Å². The van der Waals surface area contributed by atoms with Gasteiger partial charge in [0.05, 0.1) is 5.69 Å². The quantitative estimate of drug-likeness (QED) is 0.223. The van der Waals surface area contributed by atoms with Gasteiger partial charge in [-0.25, -0.2) is 4.98 Å². The zero-order valence-corrected chi connectivity index (χ0v) is 19.5. The van der Waals surface area contributed by atoms with Gasteiger partial charge in [0.25, 0.3) is 0 Å². The average Bonchev–Trinajstić information content (AvgIpc) is 3.20. The first-order chi connectivity index (χ1) is 16.3. The van der Waals surface area contributed by atoms with Gasteiger partial charge in [-0.2, -0.15) is 0 Å². The molecule has 160 valence electrons. The Bertz CT molecular complexity index is 1360. The maximum Gasteiger partial charge on any atom is 0.143 e. The summed E-state index contributed by atoms with van der Waals surface area (Å²) in [7, 11) is 0. The van der Waals surface area contributed by atoms with Crippen LogP contribution in [0.25, 0.3) is 17.1 Å². The van der Waals surface area contributed by atoms with E-state index in [1.54, 1.807) is 0 Å². The van der Waals surface area contributed by atoms with Gasteiger partial charge in [-0.3, -0.25) is 0 Å². The molecule has 0 spiro atoms. The standard InChI is InChI=1S/C29H22BrN3/c30-27-17-16-24-25-20-31-19-18-26(25)33(28(24)32-27)29(21-10-4-1-5-11-21,22-12-6-2-7-13-22)23-14-8-3-9-15-23/h1-19,31H,20H2. The third-order valence-corrected chi connectivity index (χ3v) is 6.92. The molecule has 3 heterocycles. The van der Waals surface area contributed by atoms with Crippen LogP contribution >= 0.6 is 15.9 Å². The molecule has 0 aliphatic carbocycles. The van der Waals surface area contributed by atoms with Crippen LogP contribution in [-0.2, 0) is 12.1 Å². The van der Waals surface area contributed by atoms with E-state index in [0.29, 0.717) is 0 Å². The second-order valence-electron chi connectivity index (χ2n) is 8.23. The van der Waals surface area contributed by atoms with Crippen LogP contribution in [0.3, 0.4) is 0 Å². The largest absolute Gasteiger partial charge is 0.387 e. The summed E-state index contributed by atoms with van der Waals surface area (Å²) >= 11 is 3.64. The molecule has 6 rings (SSSR count). The van der Waals surface area contributed by atoms with Gasteiger partial charge in [-0.05, 0) is 57.0 Å². The number of aromatic nitrogens is 2. The molecule has 0 atom stereocenters. The number of nitrogens with one attached hydrogen (secondary N) is 1. The Morgan fingerprint density at radius 3 is 1.82 bits per heavy atom. The maximum atomic E-state index is 5.04. The highest BCUT2D eigenvalue weighted by atomic mass is 79.9. The van der Waals surface area contributed by atoms with Gasteiger partial charge >= 0.3 is 0 Å². The Morgan fingerprint density at radius 2 is 1.27 bits per heavy atom. The molecule has 0 radical (unpaired) electrons. The molecule has 0 bridgehead atoms. The van der Waals surface area contributed by atoms with Gasteiger partial charge in [-0.1, -0.05) is 91.0 Å². The van der Waals surface area contributed by atoms with Crippen molar-refractivity contribution >= 4 is 33.0 Å². The molecule has 0 fully saturated rings. The lowest BCUT2D eigenvalue weighted by atomic mass is 9.76. The Morgan fingerprint density at radius 1 is 0.727 bits per heavy atom. The van der Waals surface area contributed by atoms with Crippen molar-refractivity contribution in [3.8, 4) is 0 Å². The first-order valence-electron chi connectivity index (χ1n) is 11.1. The summed E-state index contributed by atoms with van der Waals surface area (Å²) in [5.41, 5.74) is 6.36. The number of hydrogen-bond donors (Lipinski definition) is 1. The van der Waals surface area contributed by atoms with Crippen LogP contribution in [0.1, 0.15) is 27.9 Å². The lowest BCUT2D eigenvalue weighted by Crippen LogP contribution is -2.39. The summed E-state index contributed by atoms with van der Waals surface area (Å²) < 4.78 is 3.26. The molecule has 1 aliphatic rings. The number of rotatable bonds is 4. The lowest BCUT2D eigenvalue weighted by molar-refractivity contribution is 0.523. The topological polar surface area (TPSA) is 29.9 Å². The van der Waals surface area contributed by atoms with Crippen molar-refractivity contribution in [3.63, 3.8) is 0 Å². The molecular formula is C29H22BrN3. The summed E-state index contributed by atoms with van der Waals surface area (Å²) in [4.78, 5) is 5.04. The fourth-order valence-corrected chi connectivity index (χ4v) is 5.44. The molecule has 0 saturated carbocycles. The van der Waals surface area contributed by atoms with Crippen molar-refractivity contribution in [3.05, 3.63) is 142 Å². The highest BCUT2D eigenvalue weighted by molar-refractivity contribution is 9.10. The smallest absolute Gasteiger partial charge is 0.143 e. The third kappa shape index (κ3) is 3.05. The minimum absolute atomic E-state index is 0.606. The minimum Gasteiger partial charge on any atom is -0.387 e. The second-order valence-corrected chi connectivity index (χ2v) is 9.04. The summed E-state index contributed by atoms with van der Waals surface area (Å²) in [6.45, 7) is 0.771. The van der Waals surface area contributed by atoms with E-state index in [9.17, 15) is 0 Å². The molecule has 0 unspecified atom stereocenters. The Hall–Kier alpha value is -3.63. The van der Waals surface area contributed by atoms with Crippen molar-refractivity contribution in [2.75, 3.05) is 0 Å². The zero-order chi connectivity index (χ0) is 22.3. The van der Waals surface area contributed by atoms with Crippen LogP contribution < -0.4 is 5.32 Å². The maximum absolute atomic E-state index is 5.04. The number of fused-ring (bicyclic) bond motifs is 3. The molecule has 3 nitrogen and oxygen atoms in total. The predicted molar refractivity (Wildman–Crippen MR) is 138 cm³/mol. The van der Waals surface area contributed by atoms with Crippen LogP contribution in [0.5, 0.6) is 0 Å². The summed E-state index contributed by atoms with van der Waals surface area (Å²) in [6, 6.07) is 36.5. The second kappa shape index (κ2) is 8.05. The third-order valence-electron chi connectivity index (χ3n) is 6.48. The zero-order valence-electron chi connectivity index (χ0n) is 17.9. The van der Waals surface area contributed by atoms with Crippen LogP contribution in [0.15, 0.2) is 114 Å². The van der Waals surface area contributed by atoms with Gasteiger partial charge in [0, 0.05) is 17.5 Å².